The maximum absolute atomic E-state index is 12.6. The topological polar surface area (TPSA) is 60.0 Å². The molecule has 0 aliphatic carbocycles. The molecule has 0 saturated carbocycles. The first-order valence-corrected chi connectivity index (χ1v) is 10.00. The molecule has 3 rings (SSSR count). The molecule has 0 aromatic heterocycles. The number of nitrogens with one attached hydrogen (secondary N) is 1. The maximum Gasteiger partial charge on any atom is 0.239 e. The van der Waals surface area contributed by atoms with Gasteiger partial charge in [-0.3, -0.25) is 4.79 Å². The fourth-order valence-corrected chi connectivity index (χ4v) is 4.46. The van der Waals surface area contributed by atoms with Gasteiger partial charge in [-0.05, 0) is 29.8 Å². The van der Waals surface area contributed by atoms with Gasteiger partial charge in [-0.2, -0.15) is 0 Å². The summed E-state index contributed by atoms with van der Waals surface area (Å²) >= 11 is 1.85. The Balaban J connectivity index is 1.67. The summed E-state index contributed by atoms with van der Waals surface area (Å²) in [4.78, 5) is 15.9. The molecule has 2 aromatic rings. The molecule has 1 heterocycles. The molecule has 1 amide bonds. The highest BCUT2D eigenvalue weighted by molar-refractivity contribution is 8.00. The summed E-state index contributed by atoms with van der Waals surface area (Å²) in [6.07, 6.45) is 0. The van der Waals surface area contributed by atoms with Crippen LogP contribution in [0.25, 0.3) is 0 Å². The monoisotopic (exact) mass is 402 g/mol. The quantitative estimate of drug-likeness (QED) is 0.767. The van der Waals surface area contributed by atoms with E-state index in [1.165, 1.54) is 4.90 Å². The van der Waals surface area contributed by atoms with E-state index in [0.29, 0.717) is 35.6 Å². The molecule has 2 aromatic carbocycles. The number of carbonyl (C=O) groups excluding carboxylic acids is 1. The van der Waals surface area contributed by atoms with Gasteiger partial charge in [0.25, 0.3) is 0 Å². The molecule has 1 aliphatic rings. The predicted octanol–water partition coefficient (Wildman–Crippen LogP) is 3.33. The average molecular weight is 403 g/mol. The van der Waals surface area contributed by atoms with Gasteiger partial charge in [-0.25, -0.2) is 0 Å². The Labute approximate surface area is 170 Å². The van der Waals surface area contributed by atoms with Gasteiger partial charge in [0.15, 0.2) is 11.5 Å². The Morgan fingerprint density at radius 3 is 2.46 bits per heavy atom. The fourth-order valence-electron chi connectivity index (χ4n) is 3.30. The van der Waals surface area contributed by atoms with Crippen LogP contribution < -0.4 is 24.4 Å². The van der Waals surface area contributed by atoms with Crippen molar-refractivity contribution >= 4 is 23.4 Å². The number of methoxy groups -OCH3 is 3. The van der Waals surface area contributed by atoms with Crippen molar-refractivity contribution in [1.82, 2.24) is 5.32 Å². The summed E-state index contributed by atoms with van der Waals surface area (Å²) in [6.45, 7) is 3.74. The second-order valence-corrected chi connectivity index (χ2v) is 8.07. The summed E-state index contributed by atoms with van der Waals surface area (Å²) in [5.41, 5.74) is 2.00. The second-order valence-electron chi connectivity index (χ2n) is 6.59. The number of anilines is 1. The molecule has 0 spiro atoms. The summed E-state index contributed by atoms with van der Waals surface area (Å²) in [5.74, 6) is 1.66. The Bertz CT molecular complexity index is 818. The molecular formula is C21H26N2O4S. The van der Waals surface area contributed by atoms with Gasteiger partial charge in [-0.15, -0.1) is 11.8 Å². The lowest BCUT2D eigenvalue weighted by Crippen LogP contribution is -2.41. The van der Waals surface area contributed by atoms with Gasteiger partial charge < -0.3 is 24.4 Å². The number of benzene rings is 2. The normalized spacial score (nSPS) is 15.6. The van der Waals surface area contributed by atoms with Crippen molar-refractivity contribution in [2.24, 2.45) is 0 Å². The van der Waals surface area contributed by atoms with E-state index in [1.54, 1.807) is 21.3 Å². The summed E-state index contributed by atoms with van der Waals surface area (Å²) in [6, 6.07) is 11.9. The van der Waals surface area contributed by atoms with Crippen LogP contribution in [0.3, 0.4) is 0 Å². The summed E-state index contributed by atoms with van der Waals surface area (Å²) < 4.78 is 16.1. The Kier molecular flexibility index (Phi) is 6.57. The predicted molar refractivity (Wildman–Crippen MR) is 112 cm³/mol. The number of nitrogens with zero attached hydrogens (tertiary/aromatic N) is 1. The second kappa shape index (κ2) is 9.10. The van der Waals surface area contributed by atoms with Crippen LogP contribution in [0.4, 0.5) is 5.69 Å². The third kappa shape index (κ3) is 4.47. The van der Waals surface area contributed by atoms with Crippen LogP contribution >= 0.6 is 11.8 Å². The first kappa shape index (κ1) is 20.2. The van der Waals surface area contributed by atoms with E-state index in [9.17, 15) is 4.79 Å². The third-order valence-corrected chi connectivity index (χ3v) is 5.71. The van der Waals surface area contributed by atoms with E-state index in [0.717, 1.165) is 17.8 Å². The molecule has 0 saturated heterocycles. The van der Waals surface area contributed by atoms with E-state index in [4.69, 9.17) is 14.2 Å². The zero-order valence-corrected chi connectivity index (χ0v) is 17.5. The molecular weight excluding hydrogens is 376 g/mol. The van der Waals surface area contributed by atoms with Crippen LogP contribution in [-0.2, 0) is 11.3 Å². The van der Waals surface area contributed by atoms with Crippen LogP contribution in [0.5, 0.6) is 17.2 Å². The highest BCUT2D eigenvalue weighted by atomic mass is 32.2. The van der Waals surface area contributed by atoms with Crippen molar-refractivity contribution in [1.29, 1.82) is 0 Å². The van der Waals surface area contributed by atoms with Crippen LogP contribution in [0, 0.1) is 0 Å². The molecule has 1 N–H and O–H groups in total. The molecule has 1 atom stereocenters. The molecule has 1 unspecified atom stereocenters. The smallest absolute Gasteiger partial charge is 0.239 e. The fraction of sp³-hybridized carbons (Fsp3) is 0.381. The zero-order valence-electron chi connectivity index (χ0n) is 16.7. The average Bonchev–Trinajstić information content (AvgIpc) is 2.71. The number of thioether (sulfide) groups is 1. The van der Waals surface area contributed by atoms with E-state index in [2.05, 4.69) is 29.3 Å². The molecule has 6 nitrogen and oxygen atoms in total. The lowest BCUT2D eigenvalue weighted by molar-refractivity contribution is -0.119. The SMILES string of the molecule is COc1cc(CNC(=O)CN2CC(C)Sc3ccccc32)cc(OC)c1OC. The number of rotatable bonds is 7. The Hall–Kier alpha value is -2.54. The highest BCUT2D eigenvalue weighted by Crippen LogP contribution is 2.39. The lowest BCUT2D eigenvalue weighted by Gasteiger charge is -2.33. The van der Waals surface area contributed by atoms with Crippen molar-refractivity contribution in [3.05, 3.63) is 42.0 Å². The number of para-hydroxylation sites is 1. The van der Waals surface area contributed by atoms with E-state index < -0.39 is 0 Å². The first-order chi connectivity index (χ1) is 13.5. The van der Waals surface area contributed by atoms with Crippen molar-refractivity contribution < 1.29 is 19.0 Å². The highest BCUT2D eigenvalue weighted by Gasteiger charge is 2.23. The number of amides is 1. The third-order valence-electron chi connectivity index (χ3n) is 4.56. The van der Waals surface area contributed by atoms with Crippen LogP contribution in [-0.4, -0.2) is 45.6 Å². The number of hydrogen-bond acceptors (Lipinski definition) is 6. The molecule has 0 radical (unpaired) electrons. The molecule has 0 bridgehead atoms. The van der Waals surface area contributed by atoms with Gasteiger partial charge >= 0.3 is 0 Å². The van der Waals surface area contributed by atoms with Crippen molar-refractivity contribution in [3.63, 3.8) is 0 Å². The standard InChI is InChI=1S/C21H26N2O4S/c1-14-12-23(16-7-5-6-8-19(16)28-14)13-20(24)22-11-15-9-17(25-2)21(27-4)18(10-15)26-3/h5-10,14H,11-13H2,1-4H3,(H,22,24). The minimum Gasteiger partial charge on any atom is -0.493 e. The number of carbonyl (C=O) groups is 1. The molecule has 1 aliphatic heterocycles. The molecule has 150 valence electrons. The van der Waals surface area contributed by atoms with Gasteiger partial charge in [0.05, 0.1) is 33.6 Å². The lowest BCUT2D eigenvalue weighted by atomic mass is 10.1. The number of ether oxygens (including phenoxy) is 3. The first-order valence-electron chi connectivity index (χ1n) is 9.12. The minimum atomic E-state index is -0.0253. The van der Waals surface area contributed by atoms with Gasteiger partial charge in [0.2, 0.25) is 11.7 Å². The van der Waals surface area contributed by atoms with Crippen molar-refractivity contribution in [2.75, 3.05) is 39.3 Å². The summed E-state index contributed by atoms with van der Waals surface area (Å²) in [5, 5.41) is 3.44. The number of fused-ring (bicyclic) bond motifs is 1. The Morgan fingerprint density at radius 2 is 1.82 bits per heavy atom. The maximum atomic E-state index is 12.6. The van der Waals surface area contributed by atoms with Crippen LogP contribution in [0.15, 0.2) is 41.3 Å². The minimum absolute atomic E-state index is 0.0253. The summed E-state index contributed by atoms with van der Waals surface area (Å²) in [7, 11) is 4.72. The van der Waals surface area contributed by atoms with Crippen LogP contribution in [0.1, 0.15) is 12.5 Å². The van der Waals surface area contributed by atoms with E-state index in [-0.39, 0.29) is 5.91 Å². The van der Waals surface area contributed by atoms with E-state index >= 15 is 0 Å². The molecule has 28 heavy (non-hydrogen) atoms. The van der Waals surface area contributed by atoms with E-state index in [1.807, 2.05) is 36.0 Å². The van der Waals surface area contributed by atoms with Crippen molar-refractivity contribution in [2.45, 2.75) is 23.6 Å². The number of hydrogen-bond donors (Lipinski definition) is 1. The Morgan fingerprint density at radius 1 is 1.14 bits per heavy atom. The van der Waals surface area contributed by atoms with Gasteiger partial charge in [0.1, 0.15) is 0 Å². The zero-order chi connectivity index (χ0) is 20.1. The largest absolute Gasteiger partial charge is 0.493 e. The molecule has 7 heteroatoms. The van der Waals surface area contributed by atoms with Gasteiger partial charge in [-0.1, -0.05) is 19.1 Å². The van der Waals surface area contributed by atoms with Crippen LogP contribution in [0.2, 0.25) is 0 Å². The van der Waals surface area contributed by atoms with Crippen molar-refractivity contribution in [3.8, 4) is 17.2 Å². The molecule has 0 fully saturated rings. The van der Waals surface area contributed by atoms with Gasteiger partial charge in [0, 0.05) is 23.2 Å².